The molecule has 1 fully saturated rings. The lowest BCUT2D eigenvalue weighted by molar-refractivity contribution is 0.0776. The van der Waals surface area contributed by atoms with Crippen LogP contribution < -0.4 is 5.32 Å². The number of nitrogens with one attached hydrogen (secondary N) is 1. The Morgan fingerprint density at radius 2 is 1.82 bits per heavy atom. The summed E-state index contributed by atoms with van der Waals surface area (Å²) < 4.78 is 5.35. The van der Waals surface area contributed by atoms with Crippen molar-refractivity contribution in [2.45, 2.75) is 45.2 Å². The van der Waals surface area contributed by atoms with Crippen molar-refractivity contribution in [3.05, 3.63) is 35.4 Å². The molecule has 1 N–H and O–H groups in total. The topological polar surface area (TPSA) is 21.3 Å². The first-order chi connectivity index (χ1) is 8.25. The summed E-state index contributed by atoms with van der Waals surface area (Å²) in [4.78, 5) is 0. The van der Waals surface area contributed by atoms with Crippen LogP contribution in [0.1, 0.15) is 43.7 Å². The molecular formula is C15H23NO. The molecule has 0 unspecified atom stereocenters. The minimum absolute atomic E-state index is 0.618. The van der Waals surface area contributed by atoms with Gasteiger partial charge in [-0.05, 0) is 29.9 Å². The first-order valence-corrected chi connectivity index (χ1v) is 6.65. The molecule has 94 valence electrons. The zero-order valence-electron chi connectivity index (χ0n) is 10.9. The van der Waals surface area contributed by atoms with Gasteiger partial charge in [-0.15, -0.1) is 0 Å². The van der Waals surface area contributed by atoms with Gasteiger partial charge in [-0.3, -0.25) is 0 Å². The molecule has 1 aliphatic rings. The van der Waals surface area contributed by atoms with Gasteiger partial charge in [-0.25, -0.2) is 0 Å². The Labute approximate surface area is 104 Å². The SMILES string of the molecule is CC(C)c1ccc(CNC2CCOCC2)cc1. The summed E-state index contributed by atoms with van der Waals surface area (Å²) in [6.07, 6.45) is 2.29. The summed E-state index contributed by atoms with van der Waals surface area (Å²) >= 11 is 0. The van der Waals surface area contributed by atoms with Gasteiger partial charge in [-0.1, -0.05) is 38.1 Å². The molecule has 17 heavy (non-hydrogen) atoms. The quantitative estimate of drug-likeness (QED) is 0.863. The minimum Gasteiger partial charge on any atom is -0.381 e. The van der Waals surface area contributed by atoms with Gasteiger partial charge in [0.2, 0.25) is 0 Å². The Bertz CT molecular complexity index is 325. The first-order valence-electron chi connectivity index (χ1n) is 6.65. The Morgan fingerprint density at radius 1 is 1.18 bits per heavy atom. The van der Waals surface area contributed by atoms with Crippen molar-refractivity contribution in [1.82, 2.24) is 5.32 Å². The standard InChI is InChI=1S/C15H23NO/c1-12(2)14-5-3-13(4-6-14)11-16-15-7-9-17-10-8-15/h3-6,12,15-16H,7-11H2,1-2H3. The number of benzene rings is 1. The van der Waals surface area contributed by atoms with Crippen molar-refractivity contribution in [3.8, 4) is 0 Å². The Balaban J connectivity index is 1.82. The van der Waals surface area contributed by atoms with Crippen LogP contribution >= 0.6 is 0 Å². The van der Waals surface area contributed by atoms with Gasteiger partial charge in [0.05, 0.1) is 0 Å². The van der Waals surface area contributed by atoms with Gasteiger partial charge in [-0.2, -0.15) is 0 Å². The molecule has 0 bridgehead atoms. The van der Waals surface area contributed by atoms with Crippen LogP contribution in [0, 0.1) is 0 Å². The molecule has 0 aliphatic carbocycles. The Hall–Kier alpha value is -0.860. The maximum absolute atomic E-state index is 5.35. The summed E-state index contributed by atoms with van der Waals surface area (Å²) in [5.41, 5.74) is 2.79. The molecular weight excluding hydrogens is 210 g/mol. The lowest BCUT2D eigenvalue weighted by Crippen LogP contribution is -2.34. The van der Waals surface area contributed by atoms with Crippen LogP contribution in [0.25, 0.3) is 0 Å². The summed E-state index contributed by atoms with van der Waals surface area (Å²) in [6, 6.07) is 9.59. The second-order valence-corrected chi connectivity index (χ2v) is 5.16. The van der Waals surface area contributed by atoms with E-state index in [-0.39, 0.29) is 0 Å². The third kappa shape index (κ3) is 3.83. The van der Waals surface area contributed by atoms with Gasteiger partial charge in [0, 0.05) is 25.8 Å². The molecule has 0 radical (unpaired) electrons. The number of hydrogen-bond acceptors (Lipinski definition) is 2. The molecule has 0 spiro atoms. The zero-order valence-corrected chi connectivity index (χ0v) is 10.9. The van der Waals surface area contributed by atoms with E-state index in [2.05, 4.69) is 43.4 Å². The van der Waals surface area contributed by atoms with Crippen LogP contribution in [0.2, 0.25) is 0 Å². The van der Waals surface area contributed by atoms with E-state index in [0.29, 0.717) is 12.0 Å². The molecule has 1 aromatic carbocycles. The van der Waals surface area contributed by atoms with E-state index >= 15 is 0 Å². The van der Waals surface area contributed by atoms with Crippen LogP contribution in [0.3, 0.4) is 0 Å². The maximum Gasteiger partial charge on any atom is 0.0480 e. The summed E-state index contributed by atoms with van der Waals surface area (Å²) in [5, 5.41) is 3.61. The second-order valence-electron chi connectivity index (χ2n) is 5.16. The van der Waals surface area contributed by atoms with Crippen LogP contribution in [-0.2, 0) is 11.3 Å². The molecule has 2 heteroatoms. The van der Waals surface area contributed by atoms with Gasteiger partial charge in [0.15, 0.2) is 0 Å². The maximum atomic E-state index is 5.35. The Morgan fingerprint density at radius 3 is 2.41 bits per heavy atom. The van der Waals surface area contributed by atoms with Crippen molar-refractivity contribution in [1.29, 1.82) is 0 Å². The van der Waals surface area contributed by atoms with E-state index in [1.54, 1.807) is 0 Å². The molecule has 1 saturated heterocycles. The van der Waals surface area contributed by atoms with Gasteiger partial charge in [0.1, 0.15) is 0 Å². The van der Waals surface area contributed by atoms with Crippen LogP contribution in [0.5, 0.6) is 0 Å². The first kappa shape index (κ1) is 12.6. The Kier molecular flexibility index (Phi) is 4.57. The number of ether oxygens (including phenoxy) is 1. The predicted octanol–water partition coefficient (Wildman–Crippen LogP) is 3.08. The smallest absolute Gasteiger partial charge is 0.0480 e. The fraction of sp³-hybridized carbons (Fsp3) is 0.600. The van der Waals surface area contributed by atoms with E-state index in [1.165, 1.54) is 11.1 Å². The van der Waals surface area contributed by atoms with Crippen molar-refractivity contribution in [3.63, 3.8) is 0 Å². The van der Waals surface area contributed by atoms with Crippen LogP contribution in [-0.4, -0.2) is 19.3 Å². The highest BCUT2D eigenvalue weighted by atomic mass is 16.5. The molecule has 0 atom stereocenters. The van der Waals surface area contributed by atoms with Gasteiger partial charge < -0.3 is 10.1 Å². The molecule has 1 aromatic rings. The number of hydrogen-bond donors (Lipinski definition) is 1. The van der Waals surface area contributed by atoms with E-state index in [1.807, 2.05) is 0 Å². The molecule has 2 rings (SSSR count). The van der Waals surface area contributed by atoms with E-state index < -0.39 is 0 Å². The van der Waals surface area contributed by atoms with Crippen molar-refractivity contribution >= 4 is 0 Å². The molecule has 0 saturated carbocycles. The van der Waals surface area contributed by atoms with Crippen molar-refractivity contribution < 1.29 is 4.74 Å². The highest BCUT2D eigenvalue weighted by Gasteiger charge is 2.12. The monoisotopic (exact) mass is 233 g/mol. The van der Waals surface area contributed by atoms with Crippen molar-refractivity contribution in [2.24, 2.45) is 0 Å². The molecule has 1 heterocycles. The minimum atomic E-state index is 0.618. The summed E-state index contributed by atoms with van der Waals surface area (Å²) in [6.45, 7) is 7.25. The van der Waals surface area contributed by atoms with Crippen LogP contribution in [0.4, 0.5) is 0 Å². The molecule has 1 aliphatic heterocycles. The van der Waals surface area contributed by atoms with E-state index in [0.717, 1.165) is 32.6 Å². The van der Waals surface area contributed by atoms with E-state index in [9.17, 15) is 0 Å². The zero-order chi connectivity index (χ0) is 12.1. The lowest BCUT2D eigenvalue weighted by atomic mass is 10.0. The summed E-state index contributed by atoms with van der Waals surface area (Å²) in [5.74, 6) is 0.618. The van der Waals surface area contributed by atoms with Gasteiger partial charge >= 0.3 is 0 Å². The molecule has 0 amide bonds. The fourth-order valence-electron chi connectivity index (χ4n) is 2.18. The predicted molar refractivity (Wildman–Crippen MR) is 71.2 cm³/mol. The average molecular weight is 233 g/mol. The van der Waals surface area contributed by atoms with Crippen LogP contribution in [0.15, 0.2) is 24.3 Å². The highest BCUT2D eigenvalue weighted by molar-refractivity contribution is 5.24. The average Bonchev–Trinajstić information content (AvgIpc) is 2.38. The van der Waals surface area contributed by atoms with Crippen molar-refractivity contribution in [2.75, 3.05) is 13.2 Å². The van der Waals surface area contributed by atoms with Gasteiger partial charge in [0.25, 0.3) is 0 Å². The molecule has 2 nitrogen and oxygen atoms in total. The third-order valence-electron chi connectivity index (χ3n) is 3.46. The molecule has 0 aromatic heterocycles. The normalized spacial score (nSPS) is 17.6. The second kappa shape index (κ2) is 6.18. The fourth-order valence-corrected chi connectivity index (χ4v) is 2.18. The van der Waals surface area contributed by atoms with E-state index in [4.69, 9.17) is 4.74 Å². The highest BCUT2D eigenvalue weighted by Crippen LogP contribution is 2.15. The summed E-state index contributed by atoms with van der Waals surface area (Å²) in [7, 11) is 0. The lowest BCUT2D eigenvalue weighted by Gasteiger charge is -2.23. The number of rotatable bonds is 4. The largest absolute Gasteiger partial charge is 0.381 e. The third-order valence-corrected chi connectivity index (χ3v) is 3.46.